The number of carboxylic acid groups (broad SMARTS) is 1. The van der Waals surface area contributed by atoms with Gasteiger partial charge in [0.2, 0.25) is 23.6 Å². The Morgan fingerprint density at radius 2 is 1.26 bits per heavy atom. The van der Waals surface area contributed by atoms with E-state index in [2.05, 4.69) is 16.0 Å². The maximum Gasteiger partial charge on any atom is 0.326 e. The van der Waals surface area contributed by atoms with Crippen LogP contribution in [0.25, 0.3) is 0 Å². The minimum absolute atomic E-state index is 0.00140. The average molecular weight is 522 g/mol. The minimum Gasteiger partial charge on any atom is -0.480 e. The molecule has 13 heteroatoms. The Hall–Kier alpha value is -1.99. The summed E-state index contributed by atoms with van der Waals surface area (Å²) in [7, 11) is 0. The van der Waals surface area contributed by atoms with E-state index >= 15 is 0 Å². The number of nitrogens with two attached hydrogens (primary N) is 2. The van der Waals surface area contributed by atoms with Gasteiger partial charge in [-0.25, -0.2) is 4.79 Å². The molecule has 0 bridgehead atoms. The van der Waals surface area contributed by atoms with Gasteiger partial charge in [-0.05, 0) is 55.6 Å². The van der Waals surface area contributed by atoms with Crippen molar-refractivity contribution in [1.82, 2.24) is 16.0 Å². The minimum atomic E-state index is -1.20. The molecule has 0 spiro atoms. The molecule has 0 aliphatic carbocycles. The van der Waals surface area contributed by atoms with Crippen molar-refractivity contribution in [1.29, 1.82) is 0 Å². The standard InChI is InChI=1S/C21H39N5O6S2/c1-12(2)11-16(21(31)32)26-19(29)14(5-6-17(23)27)25-20(30)15(8-10-34-4)24-18(28)13(22)7-9-33-3/h12-16H,5-11,22H2,1-4H3,(H2,23,27)(H,24,28)(H,25,30)(H,26,29)(H,31,32). The predicted molar refractivity (Wildman–Crippen MR) is 135 cm³/mol. The van der Waals surface area contributed by atoms with E-state index in [-0.39, 0.29) is 25.2 Å². The Bertz CT molecular complexity index is 695. The van der Waals surface area contributed by atoms with Crippen LogP contribution in [0.2, 0.25) is 0 Å². The molecule has 0 saturated heterocycles. The van der Waals surface area contributed by atoms with Crippen LogP contribution in [0.5, 0.6) is 0 Å². The second-order valence-corrected chi connectivity index (χ2v) is 10.3. The zero-order valence-electron chi connectivity index (χ0n) is 20.3. The summed E-state index contributed by atoms with van der Waals surface area (Å²) in [6, 6.07) is -4.08. The highest BCUT2D eigenvalue weighted by molar-refractivity contribution is 7.98. The number of rotatable bonds is 18. The van der Waals surface area contributed by atoms with Crippen molar-refractivity contribution < 1.29 is 29.1 Å². The number of primary amides is 1. The van der Waals surface area contributed by atoms with E-state index in [4.69, 9.17) is 11.5 Å². The van der Waals surface area contributed by atoms with E-state index in [0.29, 0.717) is 24.3 Å². The van der Waals surface area contributed by atoms with Crippen LogP contribution in [0.4, 0.5) is 0 Å². The van der Waals surface area contributed by atoms with Crippen LogP contribution in [0.15, 0.2) is 0 Å². The van der Waals surface area contributed by atoms with Gasteiger partial charge in [0, 0.05) is 6.42 Å². The normalized spacial score (nSPS) is 14.5. The highest BCUT2D eigenvalue weighted by Gasteiger charge is 2.30. The SMILES string of the molecule is CSCCC(N)C(=O)NC(CCSC)C(=O)NC(CCC(N)=O)C(=O)NC(CC(C)C)C(=O)O. The molecule has 4 amide bonds. The molecule has 0 aliphatic rings. The van der Waals surface area contributed by atoms with Crippen molar-refractivity contribution in [2.24, 2.45) is 17.4 Å². The summed E-state index contributed by atoms with van der Waals surface area (Å²) in [5, 5.41) is 17.0. The Morgan fingerprint density at radius 3 is 1.74 bits per heavy atom. The summed E-state index contributed by atoms with van der Waals surface area (Å²) in [5.41, 5.74) is 11.1. The lowest BCUT2D eigenvalue weighted by atomic mass is 10.0. The molecule has 0 aromatic rings. The average Bonchev–Trinajstić information content (AvgIpc) is 2.76. The van der Waals surface area contributed by atoms with Gasteiger partial charge in [-0.2, -0.15) is 23.5 Å². The quantitative estimate of drug-likeness (QED) is 0.140. The van der Waals surface area contributed by atoms with Crippen LogP contribution in [0.3, 0.4) is 0 Å². The van der Waals surface area contributed by atoms with Crippen molar-refractivity contribution in [3.8, 4) is 0 Å². The summed E-state index contributed by atoms with van der Waals surface area (Å²) < 4.78 is 0. The molecule has 8 N–H and O–H groups in total. The van der Waals surface area contributed by atoms with Crippen molar-refractivity contribution in [3.63, 3.8) is 0 Å². The molecule has 0 aliphatic heterocycles. The third-order valence-corrected chi connectivity index (χ3v) is 6.14. The van der Waals surface area contributed by atoms with Gasteiger partial charge >= 0.3 is 5.97 Å². The Balaban J connectivity index is 5.49. The van der Waals surface area contributed by atoms with Crippen LogP contribution in [0, 0.1) is 5.92 Å². The maximum atomic E-state index is 13.0. The van der Waals surface area contributed by atoms with Crippen LogP contribution >= 0.6 is 23.5 Å². The van der Waals surface area contributed by atoms with Gasteiger partial charge < -0.3 is 32.5 Å². The summed E-state index contributed by atoms with van der Waals surface area (Å²) >= 11 is 3.03. The van der Waals surface area contributed by atoms with Gasteiger partial charge in [0.25, 0.3) is 0 Å². The first-order chi connectivity index (χ1) is 15.9. The van der Waals surface area contributed by atoms with E-state index < -0.39 is 53.8 Å². The molecular formula is C21H39N5O6S2. The number of aliphatic carboxylic acids is 1. The lowest BCUT2D eigenvalue weighted by Gasteiger charge is -2.25. The monoisotopic (exact) mass is 521 g/mol. The van der Waals surface area contributed by atoms with E-state index in [1.54, 1.807) is 11.8 Å². The predicted octanol–water partition coefficient (Wildman–Crippen LogP) is -0.329. The summed E-state index contributed by atoms with van der Waals surface area (Å²) in [6.45, 7) is 3.63. The summed E-state index contributed by atoms with van der Waals surface area (Å²) in [6.07, 6.45) is 4.37. The number of thioether (sulfide) groups is 2. The number of carbonyl (C=O) groups is 5. The fraction of sp³-hybridized carbons (Fsp3) is 0.762. The summed E-state index contributed by atoms with van der Waals surface area (Å²) in [5.74, 6) is -2.46. The fourth-order valence-electron chi connectivity index (χ4n) is 2.95. The number of amides is 4. The van der Waals surface area contributed by atoms with Crippen molar-refractivity contribution in [2.75, 3.05) is 24.0 Å². The molecule has 0 heterocycles. The third kappa shape index (κ3) is 13.7. The van der Waals surface area contributed by atoms with Crippen LogP contribution in [-0.2, 0) is 24.0 Å². The number of hydrogen-bond donors (Lipinski definition) is 6. The van der Waals surface area contributed by atoms with Gasteiger partial charge in [0.05, 0.1) is 6.04 Å². The fourth-order valence-corrected chi connectivity index (χ4v) is 3.91. The second-order valence-electron chi connectivity index (χ2n) is 8.33. The number of carboxylic acids is 1. The first kappa shape index (κ1) is 32.0. The largest absolute Gasteiger partial charge is 0.480 e. The van der Waals surface area contributed by atoms with Crippen molar-refractivity contribution in [2.45, 2.75) is 70.1 Å². The summed E-state index contributed by atoms with van der Waals surface area (Å²) in [4.78, 5) is 61.1. The Morgan fingerprint density at radius 1 is 0.794 bits per heavy atom. The molecule has 0 saturated carbocycles. The van der Waals surface area contributed by atoms with E-state index in [9.17, 15) is 29.1 Å². The molecule has 0 radical (unpaired) electrons. The second kappa shape index (κ2) is 17.4. The number of hydrogen-bond acceptors (Lipinski definition) is 8. The van der Waals surface area contributed by atoms with Gasteiger partial charge in [-0.15, -0.1) is 0 Å². The van der Waals surface area contributed by atoms with Gasteiger partial charge in [0.1, 0.15) is 18.1 Å². The lowest BCUT2D eigenvalue weighted by molar-refractivity contribution is -0.143. The highest BCUT2D eigenvalue weighted by atomic mass is 32.2. The van der Waals surface area contributed by atoms with E-state index in [0.717, 1.165) is 0 Å². The number of nitrogens with one attached hydrogen (secondary N) is 3. The first-order valence-electron chi connectivity index (χ1n) is 11.1. The Kier molecular flexibility index (Phi) is 16.4. The van der Waals surface area contributed by atoms with Crippen LogP contribution in [-0.4, -0.2) is 82.9 Å². The highest BCUT2D eigenvalue weighted by Crippen LogP contribution is 2.08. The molecule has 0 aromatic carbocycles. The van der Waals surface area contributed by atoms with E-state index in [1.807, 2.05) is 26.4 Å². The zero-order chi connectivity index (χ0) is 26.3. The molecule has 196 valence electrons. The molecule has 0 aromatic heterocycles. The molecule has 11 nitrogen and oxygen atoms in total. The molecule has 4 atom stereocenters. The molecule has 4 unspecified atom stereocenters. The third-order valence-electron chi connectivity index (χ3n) is 4.85. The molecule has 0 fully saturated rings. The van der Waals surface area contributed by atoms with Crippen LogP contribution < -0.4 is 27.4 Å². The number of carbonyl (C=O) groups excluding carboxylic acids is 4. The lowest BCUT2D eigenvalue weighted by Crippen LogP contribution is -2.57. The molecule has 0 rings (SSSR count). The zero-order valence-corrected chi connectivity index (χ0v) is 21.9. The van der Waals surface area contributed by atoms with Gasteiger partial charge in [-0.1, -0.05) is 13.8 Å². The molecule has 34 heavy (non-hydrogen) atoms. The topological polar surface area (TPSA) is 194 Å². The van der Waals surface area contributed by atoms with Gasteiger partial charge in [0.15, 0.2) is 0 Å². The molecular weight excluding hydrogens is 482 g/mol. The van der Waals surface area contributed by atoms with Crippen LogP contribution in [0.1, 0.15) is 46.0 Å². The smallest absolute Gasteiger partial charge is 0.326 e. The van der Waals surface area contributed by atoms with Crippen molar-refractivity contribution in [3.05, 3.63) is 0 Å². The Labute approximate surface area is 209 Å². The van der Waals surface area contributed by atoms with Crippen molar-refractivity contribution >= 4 is 53.1 Å². The maximum absolute atomic E-state index is 13.0. The van der Waals surface area contributed by atoms with E-state index in [1.165, 1.54) is 11.8 Å². The first-order valence-corrected chi connectivity index (χ1v) is 13.9. The van der Waals surface area contributed by atoms with Gasteiger partial charge in [-0.3, -0.25) is 19.2 Å².